The normalized spacial score (nSPS) is 13.0. The van der Waals surface area contributed by atoms with Crippen LogP contribution >= 0.6 is 0 Å². The van der Waals surface area contributed by atoms with Gasteiger partial charge < -0.3 is 10.5 Å². The molecule has 13 nitrogen and oxygen atoms in total. The van der Waals surface area contributed by atoms with E-state index in [0.29, 0.717) is 11.4 Å². The van der Waals surface area contributed by atoms with Gasteiger partial charge in [0.15, 0.2) is 0 Å². The lowest BCUT2D eigenvalue weighted by Crippen LogP contribution is -2.41. The lowest BCUT2D eigenvalue weighted by Gasteiger charge is -2.25. The molecule has 2 aromatic rings. The van der Waals surface area contributed by atoms with Crippen LogP contribution in [0.5, 0.6) is 0 Å². The quantitative estimate of drug-likeness (QED) is 0.651. The highest BCUT2D eigenvalue weighted by Gasteiger charge is 2.28. The van der Waals surface area contributed by atoms with Gasteiger partial charge in [0, 0.05) is 26.5 Å². The molecule has 0 unspecified atom stereocenters. The molecule has 0 radical (unpaired) electrons. The Morgan fingerprint density at radius 1 is 1.16 bits per heavy atom. The predicted octanol–water partition coefficient (Wildman–Crippen LogP) is 0.759. The van der Waals surface area contributed by atoms with Crippen LogP contribution in [0.25, 0.3) is 0 Å². The molecule has 0 spiro atoms. The Kier molecular flexibility index (Phi) is 8.51. The monoisotopic (exact) mass is 450 g/mol. The lowest BCUT2D eigenvalue weighted by molar-refractivity contribution is -0.118. The molecule has 2 aromatic heterocycles. The highest BCUT2D eigenvalue weighted by atomic mass is 16.6. The Labute approximate surface area is 186 Å². The maximum absolute atomic E-state index is 12.0. The molecule has 3 heterocycles. The average Bonchev–Trinajstić information content (AvgIpc) is 3.32. The molecule has 0 aliphatic carbocycles. The molecule has 3 rings (SSSR count). The number of carbonyl (C=O) groups is 4. The van der Waals surface area contributed by atoms with Gasteiger partial charge >= 0.3 is 12.1 Å². The smallest absolute Gasteiger partial charge is 0.415 e. The van der Waals surface area contributed by atoms with E-state index in [1.54, 1.807) is 51.9 Å². The van der Waals surface area contributed by atoms with Crippen LogP contribution < -0.4 is 20.9 Å². The fraction of sp³-hybridized carbons (Fsp3) is 0.474. The van der Waals surface area contributed by atoms with Crippen LogP contribution in [0.1, 0.15) is 28.2 Å². The molecule has 13 heteroatoms. The van der Waals surface area contributed by atoms with Gasteiger partial charge in [0.2, 0.25) is 11.8 Å². The van der Waals surface area contributed by atoms with Crippen molar-refractivity contribution in [3.63, 3.8) is 0 Å². The number of amides is 5. The van der Waals surface area contributed by atoms with E-state index in [0.717, 1.165) is 4.90 Å². The highest BCUT2D eigenvalue weighted by Crippen LogP contribution is 2.17. The minimum absolute atomic E-state index is 0. The number of anilines is 2. The van der Waals surface area contributed by atoms with Gasteiger partial charge in [0.1, 0.15) is 18.7 Å². The van der Waals surface area contributed by atoms with E-state index < -0.39 is 23.6 Å². The van der Waals surface area contributed by atoms with E-state index >= 15 is 0 Å². The highest BCUT2D eigenvalue weighted by molar-refractivity contribution is 6.12. The Bertz CT molecular complexity index is 975. The minimum atomic E-state index is -0.644. The summed E-state index contributed by atoms with van der Waals surface area (Å²) in [5.74, 6) is -0.904. The van der Waals surface area contributed by atoms with Gasteiger partial charge in [-0.25, -0.2) is 9.59 Å². The summed E-state index contributed by atoms with van der Waals surface area (Å²) in [4.78, 5) is 47.5. The van der Waals surface area contributed by atoms with Crippen LogP contribution in [0.3, 0.4) is 0 Å². The minimum Gasteiger partial charge on any atom is -0.443 e. The summed E-state index contributed by atoms with van der Waals surface area (Å²) in [5, 5.41) is 10.0. The van der Waals surface area contributed by atoms with Crippen molar-refractivity contribution in [2.75, 3.05) is 22.9 Å². The maximum Gasteiger partial charge on any atom is 0.415 e. The van der Waals surface area contributed by atoms with Gasteiger partial charge in [0.05, 0.1) is 23.8 Å². The van der Waals surface area contributed by atoms with Crippen LogP contribution in [0.15, 0.2) is 24.8 Å². The summed E-state index contributed by atoms with van der Waals surface area (Å²) in [7, 11) is 3.46. The Morgan fingerprint density at radius 3 is 2.16 bits per heavy atom. The van der Waals surface area contributed by atoms with Gasteiger partial charge in [0.25, 0.3) is 0 Å². The molecule has 32 heavy (non-hydrogen) atoms. The number of hydrogen-bond donors (Lipinski definition) is 2. The number of primary amides is 1. The zero-order valence-corrected chi connectivity index (χ0v) is 18.0. The number of aromatic nitrogens is 4. The Balaban J connectivity index is 0.000000324. The molecule has 0 aromatic carbocycles. The zero-order valence-electron chi connectivity index (χ0n) is 18.0. The first kappa shape index (κ1) is 26.1. The maximum atomic E-state index is 12.0. The number of nitrogens with zero attached hydrogens (tertiary/aromatic N) is 6. The zero-order chi connectivity index (χ0) is 23.3. The fourth-order valence-electron chi connectivity index (χ4n) is 2.48. The van der Waals surface area contributed by atoms with Crippen molar-refractivity contribution in [1.82, 2.24) is 24.9 Å². The summed E-state index contributed by atoms with van der Waals surface area (Å²) >= 11 is 0. The third-order valence-electron chi connectivity index (χ3n) is 3.73. The summed E-state index contributed by atoms with van der Waals surface area (Å²) in [6.07, 6.45) is 5.66. The molecule has 3 N–H and O–H groups in total. The molecular formula is C19H30N8O5. The largest absolute Gasteiger partial charge is 0.443 e. The third-order valence-corrected chi connectivity index (χ3v) is 3.73. The van der Waals surface area contributed by atoms with Crippen molar-refractivity contribution in [1.29, 1.82) is 0 Å². The third kappa shape index (κ3) is 7.41. The molecular weight excluding hydrogens is 420 g/mol. The molecule has 0 atom stereocenters. The van der Waals surface area contributed by atoms with E-state index in [4.69, 9.17) is 10.5 Å². The number of urea groups is 1. The van der Waals surface area contributed by atoms with E-state index in [2.05, 4.69) is 15.5 Å². The van der Waals surface area contributed by atoms with Gasteiger partial charge in [-0.2, -0.15) is 10.2 Å². The van der Waals surface area contributed by atoms with Crippen molar-refractivity contribution in [2.24, 2.45) is 19.8 Å². The second-order valence-electron chi connectivity index (χ2n) is 7.72. The predicted molar refractivity (Wildman–Crippen MR) is 117 cm³/mol. The van der Waals surface area contributed by atoms with E-state index in [1.807, 2.05) is 0 Å². The summed E-state index contributed by atoms with van der Waals surface area (Å²) in [5.41, 5.74) is 5.57. The standard InChI is InChI=1S/C11H18N4O3.C7H8N4O2.CH4/c1-11(2,3)18-10(17)15(7-9(12)16)8-5-13-14(4)6-8;1-10-3-5(2-8-10)11-4-6(12)9-7(11)13;/h5-6H,7H2,1-4H3,(H2,12,16);2-3H,4H2,1H3,(H,9,12,13);1H4. The number of aryl methyl sites for hydroxylation is 2. The molecule has 1 saturated heterocycles. The van der Waals surface area contributed by atoms with Crippen LogP contribution in [-0.4, -0.2) is 62.2 Å². The molecule has 5 amide bonds. The number of hydrogen-bond acceptors (Lipinski definition) is 7. The van der Waals surface area contributed by atoms with Crippen LogP contribution in [-0.2, 0) is 28.4 Å². The molecule has 1 aliphatic heterocycles. The van der Waals surface area contributed by atoms with Crippen molar-refractivity contribution < 1.29 is 23.9 Å². The number of carbonyl (C=O) groups excluding carboxylic acids is 4. The van der Waals surface area contributed by atoms with Crippen molar-refractivity contribution in [3.05, 3.63) is 24.8 Å². The van der Waals surface area contributed by atoms with E-state index in [-0.39, 0.29) is 26.4 Å². The number of ether oxygens (including phenoxy) is 1. The van der Waals surface area contributed by atoms with Gasteiger partial charge in [-0.05, 0) is 20.8 Å². The number of rotatable bonds is 4. The van der Waals surface area contributed by atoms with Crippen LogP contribution in [0.2, 0.25) is 0 Å². The molecule has 0 saturated carbocycles. The second-order valence-corrected chi connectivity index (χ2v) is 7.72. The van der Waals surface area contributed by atoms with Gasteiger partial charge in [-0.3, -0.25) is 34.1 Å². The number of nitrogens with one attached hydrogen (secondary N) is 1. The van der Waals surface area contributed by atoms with Crippen molar-refractivity contribution in [2.45, 2.75) is 33.8 Å². The first-order valence-corrected chi connectivity index (χ1v) is 9.23. The Morgan fingerprint density at radius 2 is 1.75 bits per heavy atom. The van der Waals surface area contributed by atoms with Crippen LogP contribution in [0.4, 0.5) is 21.0 Å². The Hall–Kier alpha value is -3.90. The molecule has 1 aliphatic rings. The van der Waals surface area contributed by atoms with Crippen molar-refractivity contribution in [3.8, 4) is 0 Å². The first-order chi connectivity index (χ1) is 14.4. The van der Waals surface area contributed by atoms with E-state index in [1.165, 1.54) is 22.0 Å². The van der Waals surface area contributed by atoms with Gasteiger partial charge in [-0.15, -0.1) is 0 Å². The topological polar surface area (TPSA) is 158 Å². The fourth-order valence-corrected chi connectivity index (χ4v) is 2.48. The van der Waals surface area contributed by atoms with Crippen LogP contribution in [0, 0.1) is 0 Å². The number of imide groups is 1. The van der Waals surface area contributed by atoms with Crippen molar-refractivity contribution >= 4 is 35.3 Å². The lowest BCUT2D eigenvalue weighted by atomic mass is 10.2. The SMILES string of the molecule is C.Cn1cc(N(CC(N)=O)C(=O)OC(C)(C)C)cn1.Cn1cc(N2CC(=O)NC2=O)cn1. The van der Waals surface area contributed by atoms with Gasteiger partial charge in [-0.1, -0.05) is 7.43 Å². The molecule has 1 fully saturated rings. The molecule has 0 bridgehead atoms. The summed E-state index contributed by atoms with van der Waals surface area (Å²) in [6.45, 7) is 5.06. The van der Waals surface area contributed by atoms with E-state index in [9.17, 15) is 19.2 Å². The summed E-state index contributed by atoms with van der Waals surface area (Å²) < 4.78 is 8.30. The second kappa shape index (κ2) is 10.4. The summed E-state index contributed by atoms with van der Waals surface area (Å²) in [6, 6.07) is -0.391. The average molecular weight is 451 g/mol. The molecule has 176 valence electrons. The first-order valence-electron chi connectivity index (χ1n) is 9.23. The number of nitrogens with two attached hydrogens (primary N) is 1.